The molecule has 0 bridgehead atoms. The number of thiazole rings is 1. The summed E-state index contributed by atoms with van der Waals surface area (Å²) in [7, 11) is -5.05. The molecule has 2 saturated heterocycles. The number of anilines is 1. The van der Waals surface area contributed by atoms with Crippen LogP contribution in [-0.4, -0.2) is 150 Å². The van der Waals surface area contributed by atoms with E-state index in [1.165, 1.54) is 34.1 Å². The lowest BCUT2D eigenvalue weighted by molar-refractivity contribution is -0.144. The molecule has 4 aliphatic heterocycles. The third-order valence-corrected chi connectivity index (χ3v) is 19.6. The topological polar surface area (TPSA) is 336 Å². The van der Waals surface area contributed by atoms with E-state index in [2.05, 4.69) is 48.3 Å². The van der Waals surface area contributed by atoms with Gasteiger partial charge in [0.15, 0.2) is 0 Å². The summed E-state index contributed by atoms with van der Waals surface area (Å²) in [5.41, 5.74) is 12.7. The predicted octanol–water partition coefficient (Wildman–Crippen LogP) is 5.34. The lowest BCUT2D eigenvalue weighted by Gasteiger charge is -2.36. The van der Waals surface area contributed by atoms with Gasteiger partial charge in [0, 0.05) is 48.8 Å². The molecule has 0 aliphatic carbocycles. The first kappa shape index (κ1) is 66.0. The highest BCUT2D eigenvalue weighted by atomic mass is 32.1. The molecule has 2 fully saturated rings. The summed E-state index contributed by atoms with van der Waals surface area (Å²) in [4.78, 5) is 141. The molecule has 0 saturated carbocycles. The van der Waals surface area contributed by atoms with Crippen LogP contribution in [0.4, 0.5) is 5.69 Å². The first-order chi connectivity index (χ1) is 43.3. The van der Waals surface area contributed by atoms with Crippen molar-refractivity contribution in [2.24, 2.45) is 17.1 Å². The number of carbonyl (C=O) groups excluding carboxylic acids is 8. The molecule has 0 radical (unpaired) electrons. The van der Waals surface area contributed by atoms with Gasteiger partial charge in [-0.1, -0.05) is 87.5 Å². The van der Waals surface area contributed by atoms with E-state index in [0.29, 0.717) is 42.0 Å². The van der Waals surface area contributed by atoms with Gasteiger partial charge in [0.2, 0.25) is 35.4 Å². The van der Waals surface area contributed by atoms with Crippen molar-refractivity contribution in [3.63, 3.8) is 0 Å². The molecule has 2 aromatic heterocycles. The van der Waals surface area contributed by atoms with E-state index in [-0.39, 0.29) is 81.4 Å². The molecule has 10 N–H and O–H groups in total. The summed E-state index contributed by atoms with van der Waals surface area (Å²) in [5.74, 6) is -2.88. The Morgan fingerprint density at radius 2 is 1.58 bits per heavy atom. The van der Waals surface area contributed by atoms with Gasteiger partial charge in [-0.25, -0.2) is 4.98 Å². The SMILES string of the molecule is Cc1ncsc1-c1ccc(CNC(=O)[C@@H]2C[C@@H](O)CN2C(=O)[C@@H](NC(=O)CN2CCC(Cc3ccc(CO[C@H](C)[C@H](CCC(N)=O)NC(=O)[C@@H]4Cc5cccc6c5N4C(=O)[C@@H](NC(=O)c4cc5cc(C(=O)P(=O)(O)O)ccc5[nH]4)CC6)cc3)CC2)C(C)(C)C)cc1. The van der Waals surface area contributed by atoms with Gasteiger partial charge in [0.1, 0.15) is 29.9 Å². The number of H-pyrrole nitrogens is 1. The fourth-order valence-corrected chi connectivity index (χ4v) is 14.0. The molecule has 4 aromatic carbocycles. The van der Waals surface area contributed by atoms with Crippen molar-refractivity contribution in [1.82, 2.24) is 41.0 Å². The summed E-state index contributed by atoms with van der Waals surface area (Å²) in [6, 6.07) is 22.4. The zero-order chi connectivity index (χ0) is 65.1. The van der Waals surface area contributed by atoms with Crippen LogP contribution < -0.4 is 31.9 Å². The number of likely N-dealkylation sites (tertiary alicyclic amines) is 2. The van der Waals surface area contributed by atoms with Gasteiger partial charge in [-0.2, -0.15) is 0 Å². The van der Waals surface area contributed by atoms with Gasteiger partial charge >= 0.3 is 7.60 Å². The number of aliphatic hydroxyl groups excluding tert-OH is 1. The molecule has 4 aliphatic rings. The Labute approximate surface area is 531 Å². The molecule has 91 heavy (non-hydrogen) atoms. The minimum atomic E-state index is -5.05. The van der Waals surface area contributed by atoms with Gasteiger partial charge in [0.05, 0.1) is 53.2 Å². The number of amides is 7. The number of ether oxygens (including phenoxy) is 1. The van der Waals surface area contributed by atoms with Crippen LogP contribution in [0.3, 0.4) is 0 Å². The highest BCUT2D eigenvalue weighted by Gasteiger charge is 2.47. The average molecular weight is 1280 g/mol. The number of aromatic nitrogens is 2. The molecule has 6 heterocycles. The molecular formula is C66H79N10O13PS. The minimum Gasteiger partial charge on any atom is -0.391 e. The maximum atomic E-state index is 14.6. The summed E-state index contributed by atoms with van der Waals surface area (Å²) in [6.07, 6.45) is 2.11. The summed E-state index contributed by atoms with van der Waals surface area (Å²) < 4.78 is 18.0. The number of fused-ring (bicyclic) bond motifs is 1. The Morgan fingerprint density at radius 3 is 2.26 bits per heavy atom. The number of nitrogens with two attached hydrogens (primary N) is 1. The number of carbonyl (C=O) groups is 8. The molecule has 23 nitrogen and oxygen atoms in total. The second-order valence-corrected chi connectivity index (χ2v) is 27.9. The van der Waals surface area contributed by atoms with Crippen LogP contribution >= 0.6 is 18.9 Å². The number of piperidine rings is 1. The van der Waals surface area contributed by atoms with E-state index < -0.39 is 90.5 Å². The molecule has 7 atom stereocenters. The average Bonchev–Trinajstić information content (AvgIpc) is 1.63. The summed E-state index contributed by atoms with van der Waals surface area (Å²) >= 11 is 1.56. The monoisotopic (exact) mass is 1280 g/mol. The highest BCUT2D eigenvalue weighted by Crippen LogP contribution is 2.41. The quantitative estimate of drug-likeness (QED) is 0.0366. The molecule has 482 valence electrons. The van der Waals surface area contributed by atoms with Gasteiger partial charge in [-0.05, 0) is 134 Å². The number of aromatic amines is 1. The number of benzene rings is 4. The van der Waals surface area contributed by atoms with E-state index in [4.69, 9.17) is 10.5 Å². The van der Waals surface area contributed by atoms with Crippen LogP contribution in [0.25, 0.3) is 21.3 Å². The molecule has 10 rings (SSSR count). The van der Waals surface area contributed by atoms with Crippen molar-refractivity contribution >= 4 is 82.4 Å². The number of hydrogen-bond donors (Lipinski definition) is 9. The third kappa shape index (κ3) is 15.7. The number of aliphatic hydroxyl groups is 1. The molecule has 0 spiro atoms. The van der Waals surface area contributed by atoms with Gasteiger partial charge in [-0.3, -0.25) is 52.7 Å². The van der Waals surface area contributed by atoms with Crippen molar-refractivity contribution in [1.29, 1.82) is 0 Å². The van der Waals surface area contributed by atoms with Crippen LogP contribution in [0.2, 0.25) is 0 Å². The molecular weight excluding hydrogens is 1200 g/mol. The number of aryl methyl sites for hydroxylation is 2. The largest absolute Gasteiger partial charge is 0.396 e. The second kappa shape index (κ2) is 27.9. The smallest absolute Gasteiger partial charge is 0.391 e. The number of β-amino-alcohol motifs (C(OH)–C–C–N with tert-alkyl or cyclic N) is 1. The number of nitrogens with zero attached hydrogens (tertiary/aromatic N) is 4. The first-order valence-corrected chi connectivity index (χ1v) is 33.3. The lowest BCUT2D eigenvalue weighted by atomic mass is 9.85. The van der Waals surface area contributed by atoms with E-state index in [1.807, 2.05) is 87.8 Å². The van der Waals surface area contributed by atoms with Crippen molar-refractivity contribution in [3.05, 3.63) is 141 Å². The normalized spacial score (nSPS) is 19.7. The zero-order valence-corrected chi connectivity index (χ0v) is 53.3. The first-order valence-electron chi connectivity index (χ1n) is 30.8. The predicted molar refractivity (Wildman–Crippen MR) is 341 cm³/mol. The van der Waals surface area contributed by atoms with Crippen molar-refractivity contribution in [2.75, 3.05) is 31.1 Å². The Kier molecular flexibility index (Phi) is 20.2. The van der Waals surface area contributed by atoms with Gasteiger partial charge in [-0.15, -0.1) is 11.3 Å². The zero-order valence-electron chi connectivity index (χ0n) is 51.6. The molecule has 6 aromatic rings. The summed E-state index contributed by atoms with van der Waals surface area (Å²) in [5, 5.41) is 22.9. The highest BCUT2D eigenvalue weighted by molar-refractivity contribution is 7.70. The van der Waals surface area contributed by atoms with Crippen LogP contribution in [0.1, 0.15) is 121 Å². The van der Waals surface area contributed by atoms with Crippen molar-refractivity contribution in [2.45, 2.75) is 148 Å². The third-order valence-electron chi connectivity index (χ3n) is 17.8. The number of rotatable bonds is 23. The van der Waals surface area contributed by atoms with Crippen LogP contribution in [-0.2, 0) is 70.5 Å². The van der Waals surface area contributed by atoms with Gasteiger partial charge in [0.25, 0.3) is 11.4 Å². The fraction of sp³-hybridized carbons (Fsp3) is 0.439. The number of primary amides is 1. The summed E-state index contributed by atoms with van der Waals surface area (Å²) in [6.45, 7) is 11.3. The van der Waals surface area contributed by atoms with Crippen molar-refractivity contribution < 1.29 is 62.6 Å². The van der Waals surface area contributed by atoms with Crippen molar-refractivity contribution in [3.8, 4) is 10.4 Å². The Morgan fingerprint density at radius 1 is 0.879 bits per heavy atom. The van der Waals surface area contributed by atoms with Crippen LogP contribution in [0.15, 0.2) is 96.5 Å². The minimum absolute atomic E-state index is 0.0185. The molecule has 25 heteroatoms. The van der Waals surface area contributed by atoms with Gasteiger partial charge < -0.3 is 56.5 Å². The molecule has 7 amide bonds. The van der Waals surface area contributed by atoms with E-state index in [9.17, 15) is 57.8 Å². The Hall–Kier alpha value is -7.96. The maximum Gasteiger partial charge on any atom is 0.396 e. The number of nitrogens with one attached hydrogen (secondary N) is 5. The van der Waals surface area contributed by atoms with E-state index in [1.54, 1.807) is 18.3 Å². The standard InChI is InChI=1S/C66H79N10O13PS/c1-37-58(91-36-69-37)44-15-13-41(14-16-44)32-68-61(81)53-31-48(77)33-75(53)64(84)59(66(3,4)5)73-56(79)34-74-25-23-40(24-26-74)27-39-9-11-42(12-10-39)35-89-38(2)49(21-22-55(67)78)71-62(82)54-30-45-8-6-7-43-17-20-51(63(83)76(54)57(43)45)72-60(80)52-29-47-28-46(18-19-50(47)70-52)65(85)90(86,87)88/h6-16,18-19,28-29,36,38,40,48-49,51,53-54,59,70,77H,17,20-27,30-35H2,1-5H3,(H2,67,78)(H,68,81)(H,71,82)(H,72,80)(H,73,79)(H2,86,87,88)/t38-,48-,49+,51+,53+,54+,59-/m1/s1. The van der Waals surface area contributed by atoms with E-state index >= 15 is 0 Å². The van der Waals surface area contributed by atoms with Crippen LogP contribution in [0.5, 0.6) is 0 Å². The maximum absolute atomic E-state index is 14.6. The second-order valence-electron chi connectivity index (χ2n) is 25.6. The number of para-hydroxylation sites is 1. The molecule has 0 unspecified atom stereocenters. The fourth-order valence-electron chi connectivity index (χ4n) is 12.8. The lowest BCUT2D eigenvalue weighted by Crippen LogP contribution is -2.58. The van der Waals surface area contributed by atoms with E-state index in [0.717, 1.165) is 63.2 Å². The number of hydrogen-bond acceptors (Lipinski definition) is 14. The Bertz CT molecular complexity index is 3780. The van der Waals surface area contributed by atoms with Crippen LogP contribution in [0, 0.1) is 18.3 Å². The Balaban J connectivity index is 0.690.